The molecule has 0 fully saturated rings. The summed E-state index contributed by atoms with van der Waals surface area (Å²) in [5.41, 5.74) is 3.27. The maximum absolute atomic E-state index is 13.1. The number of fused-ring (bicyclic) bond motifs is 1. The Bertz CT molecular complexity index is 1310. The first-order valence-corrected chi connectivity index (χ1v) is 10.1. The van der Waals surface area contributed by atoms with E-state index >= 15 is 0 Å². The Labute approximate surface area is 186 Å². The van der Waals surface area contributed by atoms with Gasteiger partial charge in [0, 0.05) is 17.3 Å². The van der Waals surface area contributed by atoms with E-state index in [9.17, 15) is 18.0 Å². The van der Waals surface area contributed by atoms with Gasteiger partial charge in [-0.15, -0.1) is 0 Å². The number of hydrogen-bond acceptors (Lipinski definition) is 3. The number of amides is 1. The second-order valence-corrected chi connectivity index (χ2v) is 7.81. The molecule has 32 heavy (non-hydrogen) atoms. The first-order chi connectivity index (χ1) is 15.1. The predicted molar refractivity (Wildman–Crippen MR) is 118 cm³/mol. The molecule has 0 radical (unpaired) electrons. The molecule has 0 aliphatic rings. The van der Waals surface area contributed by atoms with Crippen LogP contribution in [0.25, 0.3) is 22.2 Å². The lowest BCUT2D eigenvalue weighted by molar-refractivity contribution is -0.137. The van der Waals surface area contributed by atoms with E-state index in [1.165, 1.54) is 10.7 Å². The van der Waals surface area contributed by atoms with Crippen molar-refractivity contribution < 1.29 is 18.0 Å². The summed E-state index contributed by atoms with van der Waals surface area (Å²) in [5.74, 6) is -0.535. The molecular formula is C23H18ClF3N4O. The number of nitrogens with zero attached hydrogens (tertiary/aromatic N) is 3. The maximum Gasteiger partial charge on any atom is 0.417 e. The number of benzene rings is 2. The number of anilines is 1. The Morgan fingerprint density at radius 1 is 1.09 bits per heavy atom. The van der Waals surface area contributed by atoms with Gasteiger partial charge in [0.1, 0.15) is 6.54 Å². The van der Waals surface area contributed by atoms with Gasteiger partial charge < -0.3 is 5.32 Å². The van der Waals surface area contributed by atoms with E-state index in [2.05, 4.69) is 15.4 Å². The smallest absolute Gasteiger partial charge is 0.324 e. The van der Waals surface area contributed by atoms with Gasteiger partial charge in [0.05, 0.1) is 16.3 Å². The number of rotatable bonds is 4. The molecule has 9 heteroatoms. The van der Waals surface area contributed by atoms with E-state index in [0.29, 0.717) is 11.3 Å². The number of alkyl halides is 3. The van der Waals surface area contributed by atoms with E-state index in [1.54, 1.807) is 6.20 Å². The second kappa shape index (κ2) is 8.27. The average Bonchev–Trinajstić information content (AvgIpc) is 3.05. The Kier molecular flexibility index (Phi) is 5.64. The SMILES string of the molecule is Cc1ccc(-c2ccnc3c2c(C)nn3CC(=O)Nc2ccc(Cl)c(C(F)(F)F)c2)cc1. The van der Waals surface area contributed by atoms with Gasteiger partial charge in [0.15, 0.2) is 5.65 Å². The van der Waals surface area contributed by atoms with Gasteiger partial charge in [-0.3, -0.25) is 4.79 Å². The minimum absolute atomic E-state index is 0.00628. The summed E-state index contributed by atoms with van der Waals surface area (Å²) in [7, 11) is 0. The molecule has 0 unspecified atom stereocenters. The van der Waals surface area contributed by atoms with Crippen LogP contribution < -0.4 is 5.32 Å². The van der Waals surface area contributed by atoms with Crippen LogP contribution >= 0.6 is 11.6 Å². The molecule has 0 saturated carbocycles. The zero-order chi connectivity index (χ0) is 23.0. The molecule has 1 N–H and O–H groups in total. The number of nitrogens with one attached hydrogen (secondary N) is 1. The standard InChI is InChI=1S/C23H18ClF3N4O/c1-13-3-5-15(6-4-13)17-9-10-28-22-21(17)14(2)30-31(22)12-20(32)29-16-7-8-19(24)18(11-16)23(25,26)27/h3-11H,12H2,1-2H3,(H,29,32). The molecule has 164 valence electrons. The van der Waals surface area contributed by atoms with Gasteiger partial charge in [-0.25, -0.2) is 9.67 Å². The summed E-state index contributed by atoms with van der Waals surface area (Å²) in [6, 6.07) is 13.1. The molecule has 0 atom stereocenters. The van der Waals surface area contributed by atoms with Crippen molar-refractivity contribution in [2.75, 3.05) is 5.32 Å². The highest BCUT2D eigenvalue weighted by molar-refractivity contribution is 6.31. The Morgan fingerprint density at radius 3 is 2.50 bits per heavy atom. The van der Waals surface area contributed by atoms with Crippen molar-refractivity contribution >= 4 is 34.2 Å². The third-order valence-corrected chi connectivity index (χ3v) is 5.35. The van der Waals surface area contributed by atoms with E-state index in [0.717, 1.165) is 34.2 Å². The lowest BCUT2D eigenvalue weighted by Crippen LogP contribution is -2.20. The maximum atomic E-state index is 13.1. The molecule has 0 saturated heterocycles. The molecule has 2 heterocycles. The van der Waals surface area contributed by atoms with E-state index < -0.39 is 22.7 Å². The summed E-state index contributed by atoms with van der Waals surface area (Å²) in [6.45, 7) is 3.62. The topological polar surface area (TPSA) is 59.8 Å². The van der Waals surface area contributed by atoms with Gasteiger partial charge >= 0.3 is 6.18 Å². The van der Waals surface area contributed by atoms with Crippen LogP contribution in [-0.4, -0.2) is 20.7 Å². The number of hydrogen-bond donors (Lipinski definition) is 1. The lowest BCUT2D eigenvalue weighted by atomic mass is 10.0. The molecule has 2 aromatic heterocycles. The van der Waals surface area contributed by atoms with Crippen LogP contribution in [0, 0.1) is 13.8 Å². The predicted octanol–water partition coefficient (Wildman–Crippen LogP) is 6.03. The number of pyridine rings is 1. The first-order valence-electron chi connectivity index (χ1n) is 9.69. The fourth-order valence-corrected chi connectivity index (χ4v) is 3.75. The van der Waals surface area contributed by atoms with Crippen molar-refractivity contribution in [2.45, 2.75) is 26.6 Å². The molecule has 2 aromatic carbocycles. The zero-order valence-electron chi connectivity index (χ0n) is 17.2. The first kappa shape index (κ1) is 21.8. The summed E-state index contributed by atoms with van der Waals surface area (Å²) in [5, 5.41) is 7.29. The fourth-order valence-electron chi connectivity index (χ4n) is 3.52. The number of carbonyl (C=O) groups is 1. The third kappa shape index (κ3) is 4.31. The molecule has 0 aliphatic carbocycles. The van der Waals surface area contributed by atoms with E-state index in [4.69, 9.17) is 11.6 Å². The van der Waals surface area contributed by atoms with Crippen molar-refractivity contribution in [3.8, 4) is 11.1 Å². The van der Waals surface area contributed by atoms with Crippen molar-refractivity contribution in [3.63, 3.8) is 0 Å². The number of aryl methyl sites for hydroxylation is 2. The number of halogens is 4. The monoisotopic (exact) mass is 458 g/mol. The van der Waals surface area contributed by atoms with Gasteiger partial charge in [0.2, 0.25) is 5.91 Å². The summed E-state index contributed by atoms with van der Waals surface area (Å²) < 4.78 is 40.7. The highest BCUT2D eigenvalue weighted by Gasteiger charge is 2.33. The molecule has 5 nitrogen and oxygen atoms in total. The van der Waals surface area contributed by atoms with Crippen molar-refractivity contribution in [3.05, 3.63) is 76.6 Å². The minimum Gasteiger partial charge on any atom is -0.324 e. The van der Waals surface area contributed by atoms with Gasteiger partial charge in [-0.2, -0.15) is 18.3 Å². The Balaban J connectivity index is 1.62. The van der Waals surface area contributed by atoms with Crippen LogP contribution in [0.1, 0.15) is 16.8 Å². The van der Waals surface area contributed by atoms with Crippen molar-refractivity contribution in [2.24, 2.45) is 0 Å². The van der Waals surface area contributed by atoms with E-state index in [-0.39, 0.29) is 12.2 Å². The highest BCUT2D eigenvalue weighted by atomic mass is 35.5. The van der Waals surface area contributed by atoms with Crippen LogP contribution in [0.4, 0.5) is 18.9 Å². The molecule has 4 aromatic rings. The van der Waals surface area contributed by atoms with Crippen LogP contribution in [-0.2, 0) is 17.5 Å². The van der Waals surface area contributed by atoms with Gasteiger partial charge in [0.25, 0.3) is 0 Å². The van der Waals surface area contributed by atoms with Crippen LogP contribution in [0.3, 0.4) is 0 Å². The molecule has 0 spiro atoms. The molecular weight excluding hydrogens is 441 g/mol. The highest BCUT2D eigenvalue weighted by Crippen LogP contribution is 2.36. The van der Waals surface area contributed by atoms with Gasteiger partial charge in [-0.1, -0.05) is 41.4 Å². The van der Waals surface area contributed by atoms with Crippen molar-refractivity contribution in [1.29, 1.82) is 0 Å². The fraction of sp³-hybridized carbons (Fsp3) is 0.174. The molecule has 1 amide bonds. The van der Waals surface area contributed by atoms with Crippen molar-refractivity contribution in [1.82, 2.24) is 14.8 Å². The van der Waals surface area contributed by atoms with E-state index in [1.807, 2.05) is 44.2 Å². The third-order valence-electron chi connectivity index (χ3n) is 5.02. The molecule has 4 rings (SSSR count). The lowest BCUT2D eigenvalue weighted by Gasteiger charge is -2.12. The largest absolute Gasteiger partial charge is 0.417 e. The summed E-state index contributed by atoms with van der Waals surface area (Å²) in [4.78, 5) is 16.9. The summed E-state index contributed by atoms with van der Waals surface area (Å²) >= 11 is 5.63. The van der Waals surface area contributed by atoms with Gasteiger partial charge in [-0.05, 0) is 49.2 Å². The minimum atomic E-state index is -4.62. The summed E-state index contributed by atoms with van der Waals surface area (Å²) in [6.07, 6.45) is -2.98. The Morgan fingerprint density at radius 2 is 1.81 bits per heavy atom. The molecule has 0 bridgehead atoms. The zero-order valence-corrected chi connectivity index (χ0v) is 17.9. The Hall–Kier alpha value is -3.39. The van der Waals surface area contributed by atoms with Crippen LogP contribution in [0.2, 0.25) is 5.02 Å². The normalized spacial score (nSPS) is 11.7. The number of aromatic nitrogens is 3. The second-order valence-electron chi connectivity index (χ2n) is 7.41. The quantitative estimate of drug-likeness (QED) is 0.406. The number of carbonyl (C=O) groups excluding carboxylic acids is 1. The average molecular weight is 459 g/mol. The molecule has 0 aliphatic heterocycles. The van der Waals surface area contributed by atoms with Crippen LogP contribution in [0.15, 0.2) is 54.7 Å². The van der Waals surface area contributed by atoms with Crippen LogP contribution in [0.5, 0.6) is 0 Å².